The molecule has 0 fully saturated rings. The van der Waals surface area contributed by atoms with E-state index in [0.29, 0.717) is 23.4 Å². The largest absolute Gasteiger partial charge is 0.506 e. The Kier molecular flexibility index (Phi) is 4.55. The van der Waals surface area contributed by atoms with Crippen molar-refractivity contribution in [2.75, 3.05) is 13.7 Å². The van der Waals surface area contributed by atoms with Crippen molar-refractivity contribution in [2.45, 2.75) is 6.42 Å². The first-order valence-electron chi connectivity index (χ1n) is 6.14. The lowest BCUT2D eigenvalue weighted by atomic mass is 10.2. The van der Waals surface area contributed by atoms with Gasteiger partial charge in [-0.1, -0.05) is 18.2 Å². The highest BCUT2D eigenvalue weighted by Gasteiger charge is 2.08. The average Bonchev–Trinajstić information content (AvgIpc) is 2.50. The van der Waals surface area contributed by atoms with Crippen LogP contribution in [0.4, 0.5) is 0 Å². The van der Waals surface area contributed by atoms with Gasteiger partial charge >= 0.3 is 5.97 Å². The summed E-state index contributed by atoms with van der Waals surface area (Å²) < 4.78 is 10.1. The van der Waals surface area contributed by atoms with Gasteiger partial charge in [-0.15, -0.1) is 0 Å². The van der Waals surface area contributed by atoms with Gasteiger partial charge in [0.25, 0.3) is 0 Å². The summed E-state index contributed by atoms with van der Waals surface area (Å²) in [6.07, 6.45) is 1.70. The first-order chi connectivity index (χ1) is 9.70. The molecule has 0 spiro atoms. The summed E-state index contributed by atoms with van der Waals surface area (Å²) in [5.74, 6) is 0.0832. The van der Waals surface area contributed by atoms with Crippen LogP contribution in [0.1, 0.15) is 15.9 Å². The number of carbonyl (C=O) groups excluding carboxylic acids is 1. The number of carbonyl (C=O) groups is 1. The van der Waals surface area contributed by atoms with E-state index >= 15 is 0 Å². The highest BCUT2D eigenvalue weighted by molar-refractivity contribution is 5.89. The SMILES string of the molecule is COc1cc(CCOC(=O)c2ccccc2)c(O)cn1. The van der Waals surface area contributed by atoms with E-state index in [1.807, 2.05) is 6.07 Å². The Hall–Kier alpha value is -2.56. The van der Waals surface area contributed by atoms with Crippen molar-refractivity contribution in [3.05, 3.63) is 53.7 Å². The number of nitrogens with zero attached hydrogens (tertiary/aromatic N) is 1. The standard InChI is InChI=1S/C15H15NO4/c1-19-14-9-12(13(17)10-16-14)7-8-20-15(18)11-5-3-2-4-6-11/h2-6,9-10,17H,7-8H2,1H3. The second-order valence-electron chi connectivity index (χ2n) is 4.11. The summed E-state index contributed by atoms with van der Waals surface area (Å²) >= 11 is 0. The first kappa shape index (κ1) is 13.9. The van der Waals surface area contributed by atoms with E-state index in [2.05, 4.69) is 4.98 Å². The molecule has 1 N–H and O–H groups in total. The van der Waals surface area contributed by atoms with Gasteiger partial charge < -0.3 is 14.6 Å². The summed E-state index contributed by atoms with van der Waals surface area (Å²) in [6.45, 7) is 0.175. The second-order valence-corrected chi connectivity index (χ2v) is 4.11. The van der Waals surface area contributed by atoms with E-state index in [1.165, 1.54) is 13.3 Å². The Morgan fingerprint density at radius 2 is 2.05 bits per heavy atom. The quantitative estimate of drug-likeness (QED) is 0.846. The molecule has 0 atom stereocenters. The Morgan fingerprint density at radius 1 is 1.30 bits per heavy atom. The number of pyridine rings is 1. The summed E-state index contributed by atoms with van der Waals surface area (Å²) in [5.41, 5.74) is 1.13. The maximum atomic E-state index is 11.7. The molecule has 2 aromatic rings. The normalized spacial score (nSPS) is 10.1. The first-order valence-corrected chi connectivity index (χ1v) is 6.14. The molecule has 0 aliphatic carbocycles. The molecule has 0 radical (unpaired) electrons. The van der Waals surface area contributed by atoms with Crippen LogP contribution in [0.5, 0.6) is 11.6 Å². The van der Waals surface area contributed by atoms with Gasteiger partial charge in [0, 0.05) is 18.1 Å². The third-order valence-corrected chi connectivity index (χ3v) is 2.76. The summed E-state index contributed by atoms with van der Waals surface area (Å²) in [5, 5.41) is 9.65. The predicted molar refractivity (Wildman–Crippen MR) is 72.9 cm³/mol. The van der Waals surface area contributed by atoms with Crippen molar-refractivity contribution in [1.82, 2.24) is 4.98 Å². The molecule has 20 heavy (non-hydrogen) atoms. The van der Waals surface area contributed by atoms with Crippen molar-refractivity contribution >= 4 is 5.97 Å². The number of rotatable bonds is 5. The molecule has 104 valence electrons. The van der Waals surface area contributed by atoms with Crippen molar-refractivity contribution in [1.29, 1.82) is 0 Å². The topological polar surface area (TPSA) is 68.7 Å². The average molecular weight is 273 g/mol. The maximum Gasteiger partial charge on any atom is 0.338 e. The Morgan fingerprint density at radius 3 is 2.75 bits per heavy atom. The van der Waals surface area contributed by atoms with Gasteiger partial charge in [-0.05, 0) is 12.1 Å². The molecule has 0 saturated carbocycles. The zero-order valence-electron chi connectivity index (χ0n) is 11.1. The molecular formula is C15H15NO4. The third kappa shape index (κ3) is 3.47. The molecule has 0 saturated heterocycles. The van der Waals surface area contributed by atoms with Crippen LogP contribution in [0.2, 0.25) is 0 Å². The van der Waals surface area contributed by atoms with Gasteiger partial charge in [0.15, 0.2) is 0 Å². The molecule has 5 nitrogen and oxygen atoms in total. The van der Waals surface area contributed by atoms with Crippen LogP contribution in [0.15, 0.2) is 42.6 Å². The van der Waals surface area contributed by atoms with Crippen LogP contribution in [0.3, 0.4) is 0 Å². The van der Waals surface area contributed by atoms with Crippen molar-refractivity contribution in [3.63, 3.8) is 0 Å². The molecule has 0 aliphatic heterocycles. The fourth-order valence-corrected chi connectivity index (χ4v) is 1.69. The highest BCUT2D eigenvalue weighted by atomic mass is 16.5. The zero-order chi connectivity index (χ0) is 14.4. The number of methoxy groups -OCH3 is 1. The molecule has 1 aromatic carbocycles. The predicted octanol–water partition coefficient (Wildman–Crippen LogP) is 2.20. The minimum absolute atomic E-state index is 0.0570. The lowest BCUT2D eigenvalue weighted by molar-refractivity contribution is 0.0508. The number of hydrogen-bond acceptors (Lipinski definition) is 5. The summed E-state index contributed by atoms with van der Waals surface area (Å²) in [6, 6.07) is 10.4. The van der Waals surface area contributed by atoms with Crippen LogP contribution in [0.25, 0.3) is 0 Å². The number of aromatic nitrogens is 1. The lowest BCUT2D eigenvalue weighted by Gasteiger charge is -2.07. The van der Waals surface area contributed by atoms with Gasteiger partial charge in [-0.25, -0.2) is 9.78 Å². The van der Waals surface area contributed by atoms with Crippen molar-refractivity contribution in [3.8, 4) is 11.6 Å². The molecule has 2 rings (SSSR count). The highest BCUT2D eigenvalue weighted by Crippen LogP contribution is 2.20. The van der Waals surface area contributed by atoms with Crippen LogP contribution in [0, 0.1) is 0 Å². The molecule has 0 amide bonds. The number of benzene rings is 1. The molecular weight excluding hydrogens is 258 g/mol. The Balaban J connectivity index is 1.91. The third-order valence-electron chi connectivity index (χ3n) is 2.76. The lowest BCUT2D eigenvalue weighted by Crippen LogP contribution is -2.08. The van der Waals surface area contributed by atoms with Gasteiger partial charge in [-0.2, -0.15) is 0 Å². The molecule has 1 heterocycles. The minimum Gasteiger partial charge on any atom is -0.506 e. The minimum atomic E-state index is -0.383. The van der Waals surface area contributed by atoms with E-state index < -0.39 is 0 Å². The summed E-state index contributed by atoms with van der Waals surface area (Å²) in [4.78, 5) is 15.6. The molecule has 0 bridgehead atoms. The molecule has 5 heteroatoms. The second kappa shape index (κ2) is 6.56. The number of hydrogen-bond donors (Lipinski definition) is 1. The van der Waals surface area contributed by atoms with Crippen LogP contribution < -0.4 is 4.74 Å². The smallest absolute Gasteiger partial charge is 0.338 e. The van der Waals surface area contributed by atoms with Gasteiger partial charge in [0.2, 0.25) is 5.88 Å². The fourth-order valence-electron chi connectivity index (χ4n) is 1.69. The van der Waals surface area contributed by atoms with Gasteiger partial charge in [0.05, 0.1) is 25.5 Å². The van der Waals surface area contributed by atoms with Crippen LogP contribution >= 0.6 is 0 Å². The van der Waals surface area contributed by atoms with E-state index in [-0.39, 0.29) is 18.3 Å². The monoisotopic (exact) mass is 273 g/mol. The molecule has 0 aliphatic rings. The Bertz CT molecular complexity index is 584. The van der Waals surface area contributed by atoms with Gasteiger partial charge in [-0.3, -0.25) is 0 Å². The number of ether oxygens (including phenoxy) is 2. The zero-order valence-corrected chi connectivity index (χ0v) is 11.1. The van der Waals surface area contributed by atoms with Gasteiger partial charge in [0.1, 0.15) is 5.75 Å². The van der Waals surface area contributed by atoms with E-state index in [9.17, 15) is 9.90 Å². The van der Waals surface area contributed by atoms with E-state index in [0.717, 1.165) is 0 Å². The number of esters is 1. The number of aromatic hydroxyl groups is 1. The van der Waals surface area contributed by atoms with Crippen LogP contribution in [-0.2, 0) is 11.2 Å². The molecule has 0 unspecified atom stereocenters. The van der Waals surface area contributed by atoms with E-state index in [4.69, 9.17) is 9.47 Å². The van der Waals surface area contributed by atoms with Crippen molar-refractivity contribution < 1.29 is 19.4 Å². The fraction of sp³-hybridized carbons (Fsp3) is 0.200. The van der Waals surface area contributed by atoms with Crippen LogP contribution in [-0.4, -0.2) is 29.8 Å². The maximum absolute atomic E-state index is 11.7. The molecule has 1 aromatic heterocycles. The van der Waals surface area contributed by atoms with Crippen molar-refractivity contribution in [2.24, 2.45) is 0 Å². The summed E-state index contributed by atoms with van der Waals surface area (Å²) in [7, 11) is 1.50. The van der Waals surface area contributed by atoms with E-state index in [1.54, 1.807) is 30.3 Å². The Labute approximate surface area is 116 Å².